The van der Waals surface area contributed by atoms with E-state index >= 15 is 0 Å². The molecule has 7 heteroatoms. The molecule has 2 heterocycles. The summed E-state index contributed by atoms with van der Waals surface area (Å²) in [6.07, 6.45) is 1.46. The number of nitrogens with zero attached hydrogens (tertiary/aromatic N) is 2. The van der Waals surface area contributed by atoms with Gasteiger partial charge in [0.15, 0.2) is 5.13 Å². The number of hydrogen-bond donors (Lipinski definition) is 1. The van der Waals surface area contributed by atoms with Crippen molar-refractivity contribution in [1.29, 1.82) is 0 Å². The Morgan fingerprint density at radius 3 is 3.05 bits per heavy atom. The average molecular weight is 289 g/mol. The van der Waals surface area contributed by atoms with Crippen LogP contribution in [0, 0.1) is 0 Å². The highest BCUT2D eigenvalue weighted by Gasteiger charge is 2.25. The predicted molar refractivity (Wildman–Crippen MR) is 75.5 cm³/mol. The van der Waals surface area contributed by atoms with Crippen molar-refractivity contribution in [3.05, 3.63) is 35.3 Å². The second kappa shape index (κ2) is 4.93. The van der Waals surface area contributed by atoms with Crippen LogP contribution in [0.15, 0.2) is 30.5 Å². The van der Waals surface area contributed by atoms with Crippen LogP contribution in [0.4, 0.5) is 16.5 Å². The van der Waals surface area contributed by atoms with Gasteiger partial charge in [-0.1, -0.05) is 23.5 Å². The van der Waals surface area contributed by atoms with E-state index in [9.17, 15) is 9.59 Å². The van der Waals surface area contributed by atoms with Gasteiger partial charge >= 0.3 is 5.97 Å². The molecule has 102 valence electrons. The van der Waals surface area contributed by atoms with Gasteiger partial charge in [0, 0.05) is 0 Å². The lowest BCUT2D eigenvalue weighted by Gasteiger charge is -2.28. The van der Waals surface area contributed by atoms with Crippen LogP contribution < -0.4 is 10.2 Å². The van der Waals surface area contributed by atoms with Gasteiger partial charge in [0.05, 0.1) is 24.7 Å². The molecule has 20 heavy (non-hydrogen) atoms. The molecule has 0 spiro atoms. The Kier molecular flexibility index (Phi) is 3.11. The van der Waals surface area contributed by atoms with Gasteiger partial charge in [-0.3, -0.25) is 4.79 Å². The maximum Gasteiger partial charge on any atom is 0.349 e. The zero-order valence-corrected chi connectivity index (χ0v) is 11.4. The topological polar surface area (TPSA) is 71.5 Å². The van der Waals surface area contributed by atoms with E-state index in [2.05, 4.69) is 15.0 Å². The number of aromatic nitrogens is 1. The van der Waals surface area contributed by atoms with Crippen molar-refractivity contribution in [2.24, 2.45) is 0 Å². The minimum Gasteiger partial charge on any atom is -0.465 e. The number of hydrogen-bond acceptors (Lipinski definition) is 6. The van der Waals surface area contributed by atoms with E-state index in [-0.39, 0.29) is 12.5 Å². The summed E-state index contributed by atoms with van der Waals surface area (Å²) in [6, 6.07) is 7.46. The van der Waals surface area contributed by atoms with E-state index in [1.165, 1.54) is 24.6 Å². The Hall–Kier alpha value is -2.41. The molecule has 0 aliphatic carbocycles. The zero-order valence-electron chi connectivity index (χ0n) is 10.6. The number of fused-ring (bicyclic) bond motifs is 1. The SMILES string of the molecule is COC(=O)c1cnc(N2CC(=O)Nc3ccccc32)s1. The van der Waals surface area contributed by atoms with Gasteiger partial charge in [0.2, 0.25) is 5.91 Å². The van der Waals surface area contributed by atoms with E-state index in [1.807, 2.05) is 24.3 Å². The van der Waals surface area contributed by atoms with Crippen molar-refractivity contribution < 1.29 is 14.3 Å². The molecule has 1 amide bonds. The number of amides is 1. The summed E-state index contributed by atoms with van der Waals surface area (Å²) in [5, 5.41) is 3.40. The Labute approximate surface area is 119 Å². The number of carbonyl (C=O) groups excluding carboxylic acids is 2. The van der Waals surface area contributed by atoms with Gasteiger partial charge in [-0.2, -0.15) is 0 Å². The predicted octanol–water partition coefficient (Wildman–Crippen LogP) is 2.02. The molecule has 0 unspecified atom stereocenters. The minimum absolute atomic E-state index is 0.112. The van der Waals surface area contributed by atoms with Crippen molar-refractivity contribution in [1.82, 2.24) is 4.98 Å². The molecule has 3 rings (SSSR count). The highest BCUT2D eigenvalue weighted by atomic mass is 32.1. The molecule has 1 aliphatic rings. The van der Waals surface area contributed by atoms with Crippen molar-refractivity contribution in [3.63, 3.8) is 0 Å². The van der Waals surface area contributed by atoms with Crippen LogP contribution in [0.5, 0.6) is 0 Å². The summed E-state index contributed by atoms with van der Waals surface area (Å²) in [4.78, 5) is 29.6. The Balaban J connectivity index is 2.00. The maximum absolute atomic E-state index is 11.7. The Morgan fingerprint density at radius 2 is 2.25 bits per heavy atom. The first-order chi connectivity index (χ1) is 9.69. The molecular weight excluding hydrogens is 278 g/mol. The van der Waals surface area contributed by atoms with Crippen LogP contribution in [0.25, 0.3) is 0 Å². The lowest BCUT2D eigenvalue weighted by molar-refractivity contribution is -0.115. The Bertz CT molecular complexity index is 683. The third kappa shape index (κ3) is 2.12. The van der Waals surface area contributed by atoms with Crippen LogP contribution >= 0.6 is 11.3 Å². The van der Waals surface area contributed by atoms with Crippen LogP contribution in [-0.4, -0.2) is 30.5 Å². The number of rotatable bonds is 2. The third-order valence-electron chi connectivity index (χ3n) is 2.88. The second-order valence-electron chi connectivity index (χ2n) is 4.15. The van der Waals surface area contributed by atoms with E-state index < -0.39 is 5.97 Å². The summed E-state index contributed by atoms with van der Waals surface area (Å²) in [6.45, 7) is 0.172. The molecule has 0 bridgehead atoms. The highest BCUT2D eigenvalue weighted by molar-refractivity contribution is 7.17. The van der Waals surface area contributed by atoms with Gasteiger partial charge < -0.3 is 15.0 Å². The number of esters is 1. The molecule has 6 nitrogen and oxygen atoms in total. The number of methoxy groups -OCH3 is 1. The number of anilines is 3. The molecule has 0 fully saturated rings. The number of carbonyl (C=O) groups is 2. The van der Waals surface area contributed by atoms with Crippen LogP contribution in [0.1, 0.15) is 9.67 Å². The molecule has 1 aromatic carbocycles. The molecular formula is C13H11N3O3S. The quantitative estimate of drug-likeness (QED) is 0.856. The maximum atomic E-state index is 11.7. The molecule has 0 saturated carbocycles. The van der Waals surface area contributed by atoms with E-state index in [0.717, 1.165) is 11.4 Å². The molecule has 1 N–H and O–H groups in total. The molecule has 1 aliphatic heterocycles. The van der Waals surface area contributed by atoms with Gasteiger partial charge in [-0.25, -0.2) is 9.78 Å². The molecule has 1 aromatic heterocycles. The second-order valence-corrected chi connectivity index (χ2v) is 5.16. The molecule has 0 saturated heterocycles. The highest BCUT2D eigenvalue weighted by Crippen LogP contribution is 2.36. The first-order valence-electron chi connectivity index (χ1n) is 5.89. The van der Waals surface area contributed by atoms with Crippen molar-refractivity contribution in [2.45, 2.75) is 0 Å². The van der Waals surface area contributed by atoms with Gasteiger partial charge in [0.25, 0.3) is 0 Å². The fourth-order valence-corrected chi connectivity index (χ4v) is 2.84. The van der Waals surface area contributed by atoms with E-state index in [1.54, 1.807) is 4.90 Å². The van der Waals surface area contributed by atoms with E-state index in [0.29, 0.717) is 10.0 Å². The van der Waals surface area contributed by atoms with Gasteiger partial charge in [-0.15, -0.1) is 0 Å². The number of thiazole rings is 1. The van der Waals surface area contributed by atoms with E-state index in [4.69, 9.17) is 0 Å². The summed E-state index contributed by atoms with van der Waals surface area (Å²) >= 11 is 1.20. The largest absolute Gasteiger partial charge is 0.465 e. The van der Waals surface area contributed by atoms with Crippen molar-refractivity contribution in [2.75, 3.05) is 23.9 Å². The molecule has 0 atom stereocenters. The number of nitrogens with one attached hydrogen (secondary N) is 1. The number of benzene rings is 1. The standard InChI is InChI=1S/C13H11N3O3S/c1-19-12(18)10-6-14-13(20-10)16-7-11(17)15-8-4-2-3-5-9(8)16/h2-6H,7H2,1H3,(H,15,17). The van der Waals surface area contributed by atoms with Crippen LogP contribution in [-0.2, 0) is 9.53 Å². The summed E-state index contributed by atoms with van der Waals surface area (Å²) < 4.78 is 4.66. The normalized spacial score (nSPS) is 13.7. The fraction of sp³-hybridized carbons (Fsp3) is 0.154. The van der Waals surface area contributed by atoms with Crippen LogP contribution in [0.3, 0.4) is 0 Å². The summed E-state index contributed by atoms with van der Waals surface area (Å²) in [7, 11) is 1.32. The summed E-state index contributed by atoms with van der Waals surface area (Å²) in [5.41, 5.74) is 1.59. The van der Waals surface area contributed by atoms with Crippen molar-refractivity contribution >= 4 is 39.7 Å². The molecule has 2 aromatic rings. The van der Waals surface area contributed by atoms with Gasteiger partial charge in [-0.05, 0) is 12.1 Å². The smallest absolute Gasteiger partial charge is 0.349 e. The summed E-state index contributed by atoms with van der Waals surface area (Å²) in [5.74, 6) is -0.540. The third-order valence-corrected chi connectivity index (χ3v) is 3.88. The fourth-order valence-electron chi connectivity index (χ4n) is 1.99. The minimum atomic E-state index is -0.427. The number of para-hydroxylation sites is 2. The lowest BCUT2D eigenvalue weighted by Crippen LogP contribution is -2.34. The molecule has 0 radical (unpaired) electrons. The zero-order chi connectivity index (χ0) is 14.1. The average Bonchev–Trinajstić information content (AvgIpc) is 2.95. The Morgan fingerprint density at radius 1 is 1.45 bits per heavy atom. The van der Waals surface area contributed by atoms with Crippen LogP contribution in [0.2, 0.25) is 0 Å². The lowest BCUT2D eigenvalue weighted by atomic mass is 10.2. The van der Waals surface area contributed by atoms with Crippen molar-refractivity contribution in [3.8, 4) is 0 Å². The number of ether oxygens (including phenoxy) is 1. The first-order valence-corrected chi connectivity index (χ1v) is 6.71. The van der Waals surface area contributed by atoms with Gasteiger partial charge in [0.1, 0.15) is 11.4 Å². The monoisotopic (exact) mass is 289 g/mol. The first kappa shape index (κ1) is 12.6.